The number of aromatic nitrogens is 3. The molecule has 6 rings (SSSR count). The van der Waals surface area contributed by atoms with Crippen molar-refractivity contribution in [3.63, 3.8) is 0 Å². The third-order valence-corrected chi connectivity index (χ3v) is 11.2. The second kappa shape index (κ2) is 14.1. The van der Waals surface area contributed by atoms with Crippen molar-refractivity contribution in [2.24, 2.45) is 0 Å². The van der Waals surface area contributed by atoms with Crippen LogP contribution in [0.3, 0.4) is 0 Å². The highest BCUT2D eigenvalue weighted by Crippen LogP contribution is 2.38. The summed E-state index contributed by atoms with van der Waals surface area (Å²) in [7, 11) is -3.28. The summed E-state index contributed by atoms with van der Waals surface area (Å²) in [5.74, 6) is 1.47. The normalized spacial score (nSPS) is 17.7. The van der Waals surface area contributed by atoms with Gasteiger partial charge in [0.2, 0.25) is 11.8 Å². The van der Waals surface area contributed by atoms with Gasteiger partial charge in [-0.05, 0) is 88.1 Å². The first-order valence-electron chi connectivity index (χ1n) is 16.9. The second-order valence-corrected chi connectivity index (χ2v) is 16.2. The summed E-state index contributed by atoms with van der Waals surface area (Å²) in [6.45, 7) is 8.71. The Hall–Kier alpha value is -4.25. The van der Waals surface area contributed by atoms with Crippen LogP contribution in [-0.2, 0) is 20.3 Å². The number of piperidine rings is 1. The maximum Gasteiger partial charge on any atom is 0.410 e. The first-order chi connectivity index (χ1) is 23.0. The van der Waals surface area contributed by atoms with Crippen LogP contribution in [0.5, 0.6) is 11.6 Å². The van der Waals surface area contributed by atoms with Crippen molar-refractivity contribution >= 4 is 32.7 Å². The third-order valence-electron chi connectivity index (χ3n) is 9.02. The highest BCUT2D eigenvalue weighted by atomic mass is 32.2. The van der Waals surface area contributed by atoms with Gasteiger partial charge >= 0.3 is 6.09 Å². The zero-order valence-electron chi connectivity index (χ0n) is 28.2. The molecule has 0 bridgehead atoms. The molecule has 3 heterocycles. The summed E-state index contributed by atoms with van der Waals surface area (Å²) in [5.41, 5.74) is 2.45. The zero-order chi connectivity index (χ0) is 33.9. The molecule has 2 fully saturated rings. The van der Waals surface area contributed by atoms with Crippen LogP contribution in [0.1, 0.15) is 76.8 Å². The number of hydrogen-bond acceptors (Lipinski definition) is 9. The van der Waals surface area contributed by atoms with Crippen LogP contribution in [0.15, 0.2) is 60.9 Å². The fourth-order valence-corrected chi connectivity index (χ4v) is 8.61. The lowest BCUT2D eigenvalue weighted by Crippen LogP contribution is -2.47. The molecule has 1 N–H and O–H groups in total. The number of nitrogens with zero attached hydrogens (tertiary/aromatic N) is 4. The number of nitrogens with one attached hydrogen (secondary N) is 1. The minimum Gasteiger partial charge on any atom is -0.444 e. The molecule has 2 aliphatic rings. The number of aryl methyl sites for hydroxylation is 1. The minimum atomic E-state index is -3.28. The molecular weight excluding hydrogens is 627 g/mol. The molecule has 1 saturated carbocycles. The van der Waals surface area contributed by atoms with E-state index < -0.39 is 15.4 Å². The number of likely N-dealkylation sites (tertiary alicyclic amines) is 1. The van der Waals surface area contributed by atoms with E-state index in [4.69, 9.17) is 14.5 Å². The number of ether oxygens (including phenoxy) is 2. The smallest absolute Gasteiger partial charge is 0.410 e. The highest BCUT2D eigenvalue weighted by Gasteiger charge is 2.29. The van der Waals surface area contributed by atoms with Crippen LogP contribution < -0.4 is 10.1 Å². The SMILES string of the molecule is Cc1ccc2c(CS(=O)(=O)C3CCCCC3)cccc2c1Oc1ncccc1-c1ccnc(N[C@H]2CCCN(C(=O)OC(C)(C)C)C2)n1. The lowest BCUT2D eigenvalue weighted by atomic mass is 10.0. The number of carbonyl (C=O) groups excluding carboxylic acids is 1. The van der Waals surface area contributed by atoms with E-state index in [1.165, 1.54) is 0 Å². The molecule has 2 aromatic heterocycles. The van der Waals surface area contributed by atoms with E-state index in [1.54, 1.807) is 17.3 Å². The molecule has 1 saturated heterocycles. The van der Waals surface area contributed by atoms with Gasteiger partial charge in [-0.2, -0.15) is 0 Å². The zero-order valence-corrected chi connectivity index (χ0v) is 29.1. The first kappa shape index (κ1) is 33.6. The van der Waals surface area contributed by atoms with Crippen molar-refractivity contribution in [3.05, 3.63) is 72.1 Å². The topological polar surface area (TPSA) is 124 Å². The van der Waals surface area contributed by atoms with Crippen molar-refractivity contribution < 1.29 is 22.7 Å². The minimum absolute atomic E-state index is 0.0135. The van der Waals surface area contributed by atoms with Gasteiger partial charge in [0.1, 0.15) is 11.4 Å². The first-order valence-corrected chi connectivity index (χ1v) is 18.6. The van der Waals surface area contributed by atoms with Gasteiger partial charge in [-0.25, -0.2) is 28.2 Å². The van der Waals surface area contributed by atoms with E-state index in [-0.39, 0.29) is 23.1 Å². The van der Waals surface area contributed by atoms with Gasteiger partial charge in [-0.1, -0.05) is 49.6 Å². The van der Waals surface area contributed by atoms with Gasteiger partial charge in [0.25, 0.3) is 0 Å². The Morgan fingerprint density at radius 3 is 2.54 bits per heavy atom. The van der Waals surface area contributed by atoms with Gasteiger partial charge in [0.05, 0.1) is 22.3 Å². The molecule has 1 aliphatic carbocycles. The standard InChI is InChI=1S/C37H45N5O5S/c1-25-17-18-29-26(24-48(44,45)28-13-6-5-7-14-28)11-8-15-30(29)33(25)46-34-31(16-9-20-38-34)32-19-21-39-35(41-32)40-27-12-10-22-42(23-27)36(43)47-37(2,3)4/h8-9,11,15-21,27-28H,5-7,10,12-14,22-24H2,1-4H3,(H,39,40,41)/t27-/m0/s1. The Morgan fingerprint density at radius 1 is 0.938 bits per heavy atom. The number of benzene rings is 2. The van der Waals surface area contributed by atoms with E-state index >= 15 is 0 Å². The molecule has 1 amide bonds. The predicted octanol–water partition coefficient (Wildman–Crippen LogP) is 7.85. The van der Waals surface area contributed by atoms with Crippen LogP contribution in [0.25, 0.3) is 22.0 Å². The fourth-order valence-electron chi connectivity index (χ4n) is 6.64. The maximum atomic E-state index is 13.4. The number of anilines is 1. The molecule has 2 aromatic carbocycles. The molecule has 1 atom stereocenters. The average Bonchev–Trinajstić information content (AvgIpc) is 3.06. The largest absolute Gasteiger partial charge is 0.444 e. The number of hydrogen-bond donors (Lipinski definition) is 1. The van der Waals surface area contributed by atoms with Gasteiger partial charge in [-0.15, -0.1) is 0 Å². The van der Waals surface area contributed by atoms with Crippen molar-refractivity contribution in [1.29, 1.82) is 0 Å². The lowest BCUT2D eigenvalue weighted by Gasteiger charge is -2.34. The number of carbonyl (C=O) groups is 1. The quantitative estimate of drug-likeness (QED) is 0.199. The van der Waals surface area contributed by atoms with Crippen molar-refractivity contribution in [2.45, 2.75) is 95.3 Å². The summed E-state index contributed by atoms with van der Waals surface area (Å²) >= 11 is 0. The van der Waals surface area contributed by atoms with E-state index in [9.17, 15) is 13.2 Å². The Balaban J connectivity index is 1.24. The summed E-state index contributed by atoms with van der Waals surface area (Å²) in [4.78, 5) is 28.3. The summed E-state index contributed by atoms with van der Waals surface area (Å²) in [6.07, 6.45) is 9.31. The fraction of sp³-hybridized carbons (Fsp3) is 0.459. The second-order valence-electron chi connectivity index (χ2n) is 13.9. The Morgan fingerprint density at radius 2 is 1.75 bits per heavy atom. The predicted molar refractivity (Wildman–Crippen MR) is 188 cm³/mol. The third kappa shape index (κ3) is 7.89. The Bertz CT molecular complexity index is 1890. The lowest BCUT2D eigenvalue weighted by molar-refractivity contribution is 0.0206. The molecule has 4 aromatic rings. The number of pyridine rings is 1. The van der Waals surface area contributed by atoms with E-state index in [2.05, 4.69) is 15.3 Å². The number of sulfone groups is 1. The molecule has 48 heavy (non-hydrogen) atoms. The van der Waals surface area contributed by atoms with Crippen LogP contribution in [0, 0.1) is 6.92 Å². The van der Waals surface area contributed by atoms with E-state index in [1.807, 2.05) is 76.2 Å². The van der Waals surface area contributed by atoms with Crippen LogP contribution >= 0.6 is 0 Å². The van der Waals surface area contributed by atoms with Crippen molar-refractivity contribution in [1.82, 2.24) is 19.9 Å². The summed E-state index contributed by atoms with van der Waals surface area (Å²) in [5, 5.41) is 4.83. The molecule has 0 spiro atoms. The monoisotopic (exact) mass is 671 g/mol. The van der Waals surface area contributed by atoms with Gasteiger partial charge < -0.3 is 19.7 Å². The maximum absolute atomic E-state index is 13.4. The average molecular weight is 672 g/mol. The molecule has 0 radical (unpaired) electrons. The Labute approximate surface area is 283 Å². The van der Waals surface area contributed by atoms with Crippen LogP contribution in [-0.4, -0.2) is 64.3 Å². The van der Waals surface area contributed by atoms with Gasteiger partial charge in [0, 0.05) is 36.9 Å². The molecule has 254 valence electrons. The molecule has 0 unspecified atom stereocenters. The molecule has 1 aliphatic heterocycles. The van der Waals surface area contributed by atoms with Gasteiger partial charge in [0.15, 0.2) is 9.84 Å². The Kier molecular flexibility index (Phi) is 9.87. The van der Waals surface area contributed by atoms with Crippen LogP contribution in [0.4, 0.5) is 10.7 Å². The number of amides is 1. The van der Waals surface area contributed by atoms with E-state index in [0.717, 1.165) is 66.8 Å². The van der Waals surface area contributed by atoms with E-state index in [0.29, 0.717) is 41.9 Å². The highest BCUT2D eigenvalue weighted by molar-refractivity contribution is 7.91. The molecule has 11 heteroatoms. The number of fused-ring (bicyclic) bond motifs is 1. The van der Waals surface area contributed by atoms with Gasteiger partial charge in [-0.3, -0.25) is 0 Å². The molecular formula is C37H45N5O5S. The van der Waals surface area contributed by atoms with Crippen molar-refractivity contribution in [3.8, 4) is 22.9 Å². The summed E-state index contributed by atoms with van der Waals surface area (Å²) < 4.78 is 39.0. The van der Waals surface area contributed by atoms with Crippen molar-refractivity contribution in [2.75, 3.05) is 18.4 Å². The van der Waals surface area contributed by atoms with Crippen LogP contribution in [0.2, 0.25) is 0 Å². The molecule has 10 nitrogen and oxygen atoms in total. The summed E-state index contributed by atoms with van der Waals surface area (Å²) in [6, 6.07) is 15.2. The number of rotatable bonds is 8.